The molecule has 0 fully saturated rings. The van der Waals surface area contributed by atoms with Crippen LogP contribution in [0.25, 0.3) is 11.0 Å². The van der Waals surface area contributed by atoms with E-state index in [0.29, 0.717) is 11.0 Å². The Balaban J connectivity index is 2.19. The first kappa shape index (κ1) is 13.7. The molecule has 0 aliphatic heterocycles. The van der Waals surface area contributed by atoms with Crippen molar-refractivity contribution in [1.82, 2.24) is 15.0 Å². The Morgan fingerprint density at radius 2 is 2.16 bits per heavy atom. The van der Waals surface area contributed by atoms with E-state index in [0.717, 1.165) is 0 Å². The molecule has 2 aromatic rings. The largest absolute Gasteiger partial charge is 0.478 e. The fraction of sp³-hybridized carbons (Fsp3) is 0.300. The molecular weight excluding hydrogens is 283 g/mol. The van der Waals surface area contributed by atoms with Crippen LogP contribution in [-0.4, -0.2) is 37.3 Å². The number of fused-ring (bicyclic) bond motifs is 1. The van der Waals surface area contributed by atoms with Gasteiger partial charge in [0.15, 0.2) is 0 Å². The topological polar surface area (TPSA) is 68.0 Å². The molecule has 1 N–H and O–H groups in total. The summed E-state index contributed by atoms with van der Waals surface area (Å²) in [6, 6.07) is 4.18. The first-order valence-corrected chi connectivity index (χ1v) is 6.12. The van der Waals surface area contributed by atoms with Crippen LogP contribution in [-0.2, 0) is 6.54 Å². The highest BCUT2D eigenvalue weighted by Crippen LogP contribution is 2.30. The fourth-order valence-electron chi connectivity index (χ4n) is 1.51. The summed E-state index contributed by atoms with van der Waals surface area (Å²) in [6.07, 6.45) is 0. The molecule has 0 unspecified atom stereocenters. The Labute approximate surface area is 109 Å². The van der Waals surface area contributed by atoms with Crippen LogP contribution in [0.15, 0.2) is 18.2 Å². The van der Waals surface area contributed by atoms with Crippen LogP contribution in [0.1, 0.15) is 10.4 Å². The highest BCUT2D eigenvalue weighted by atomic mass is 32.2. The van der Waals surface area contributed by atoms with Crippen molar-refractivity contribution in [2.45, 2.75) is 12.1 Å². The van der Waals surface area contributed by atoms with E-state index in [1.807, 2.05) is 0 Å². The molecule has 9 heteroatoms. The molecular formula is C10H8F3N3O2S. The lowest BCUT2D eigenvalue weighted by atomic mass is 10.2. The lowest BCUT2D eigenvalue weighted by molar-refractivity contribution is -0.0328. The molecule has 0 atom stereocenters. The van der Waals surface area contributed by atoms with Crippen molar-refractivity contribution < 1.29 is 23.1 Å². The van der Waals surface area contributed by atoms with Crippen molar-refractivity contribution in [2.75, 3.05) is 5.75 Å². The van der Waals surface area contributed by atoms with E-state index in [1.54, 1.807) is 0 Å². The van der Waals surface area contributed by atoms with Gasteiger partial charge in [-0.2, -0.15) is 13.2 Å². The van der Waals surface area contributed by atoms with Crippen LogP contribution in [0, 0.1) is 0 Å². The molecule has 0 bridgehead atoms. The van der Waals surface area contributed by atoms with Crippen molar-refractivity contribution in [3.63, 3.8) is 0 Å². The number of halogens is 3. The minimum atomic E-state index is -4.29. The zero-order chi connectivity index (χ0) is 14.0. The zero-order valence-electron chi connectivity index (χ0n) is 9.39. The highest BCUT2D eigenvalue weighted by molar-refractivity contribution is 8.00. The maximum atomic E-state index is 12.0. The second kappa shape index (κ2) is 5.08. The number of carboxylic acid groups (broad SMARTS) is 1. The number of aromatic carboxylic acids is 1. The number of rotatable bonds is 4. The number of hydrogen-bond acceptors (Lipinski definition) is 4. The Kier molecular flexibility index (Phi) is 3.65. The van der Waals surface area contributed by atoms with Crippen LogP contribution in [0.3, 0.4) is 0 Å². The van der Waals surface area contributed by atoms with E-state index in [-0.39, 0.29) is 29.6 Å². The predicted octanol–water partition coefficient (Wildman–Crippen LogP) is 2.38. The van der Waals surface area contributed by atoms with Crippen molar-refractivity contribution in [1.29, 1.82) is 0 Å². The summed E-state index contributed by atoms with van der Waals surface area (Å²) in [5.41, 5.74) is -3.40. The van der Waals surface area contributed by atoms with E-state index in [9.17, 15) is 18.0 Å². The van der Waals surface area contributed by atoms with Crippen LogP contribution in [0.2, 0.25) is 0 Å². The van der Waals surface area contributed by atoms with Gasteiger partial charge in [0.2, 0.25) is 0 Å². The summed E-state index contributed by atoms with van der Waals surface area (Å²) < 4.78 is 37.3. The molecule has 0 aliphatic rings. The van der Waals surface area contributed by atoms with Crippen LogP contribution >= 0.6 is 11.8 Å². The molecule has 1 heterocycles. The van der Waals surface area contributed by atoms with Gasteiger partial charge in [0.05, 0.1) is 17.6 Å². The number of alkyl halides is 3. The zero-order valence-corrected chi connectivity index (χ0v) is 10.2. The monoisotopic (exact) mass is 291 g/mol. The van der Waals surface area contributed by atoms with E-state index in [1.165, 1.54) is 22.9 Å². The molecule has 0 saturated heterocycles. The lowest BCUT2D eigenvalue weighted by Crippen LogP contribution is -2.08. The van der Waals surface area contributed by atoms with Crippen molar-refractivity contribution in [3.05, 3.63) is 23.8 Å². The molecule has 0 amide bonds. The van der Waals surface area contributed by atoms with Crippen LogP contribution in [0.5, 0.6) is 0 Å². The number of carboxylic acids is 1. The molecule has 2 rings (SSSR count). The number of nitrogens with zero attached hydrogens (tertiary/aromatic N) is 3. The lowest BCUT2D eigenvalue weighted by Gasteiger charge is -2.05. The molecule has 102 valence electrons. The molecule has 19 heavy (non-hydrogen) atoms. The van der Waals surface area contributed by atoms with Gasteiger partial charge in [-0.25, -0.2) is 9.48 Å². The van der Waals surface area contributed by atoms with Crippen molar-refractivity contribution in [2.24, 2.45) is 0 Å². The van der Waals surface area contributed by atoms with Crippen molar-refractivity contribution >= 4 is 28.8 Å². The minimum Gasteiger partial charge on any atom is -0.478 e. The minimum absolute atomic E-state index is 0.00372. The number of benzene rings is 1. The third kappa shape index (κ3) is 3.37. The molecule has 1 aromatic carbocycles. The van der Waals surface area contributed by atoms with Gasteiger partial charge in [-0.3, -0.25) is 0 Å². The maximum absolute atomic E-state index is 12.0. The maximum Gasteiger partial charge on any atom is 0.441 e. The van der Waals surface area contributed by atoms with Gasteiger partial charge in [0.25, 0.3) is 0 Å². The summed E-state index contributed by atoms with van der Waals surface area (Å²) in [5, 5.41) is 16.3. The van der Waals surface area contributed by atoms with E-state index < -0.39 is 11.5 Å². The number of aryl methyl sites for hydroxylation is 1. The summed E-state index contributed by atoms with van der Waals surface area (Å²) in [7, 11) is 0. The summed E-state index contributed by atoms with van der Waals surface area (Å²) >= 11 is -0.154. The first-order valence-electron chi connectivity index (χ1n) is 5.14. The molecule has 5 nitrogen and oxygen atoms in total. The predicted molar refractivity (Wildman–Crippen MR) is 63.0 cm³/mol. The fourth-order valence-corrected chi connectivity index (χ4v) is 2.01. The number of hydrogen-bond donors (Lipinski definition) is 1. The van der Waals surface area contributed by atoms with Gasteiger partial charge in [0.1, 0.15) is 5.52 Å². The molecule has 0 aliphatic carbocycles. The number of thioether (sulfide) groups is 1. The Morgan fingerprint density at radius 1 is 1.42 bits per heavy atom. The Hall–Kier alpha value is -1.77. The number of aromatic nitrogens is 3. The van der Waals surface area contributed by atoms with E-state index in [2.05, 4.69) is 10.3 Å². The highest BCUT2D eigenvalue weighted by Gasteiger charge is 2.27. The first-order chi connectivity index (χ1) is 8.87. The second-order valence-electron chi connectivity index (χ2n) is 3.62. The Morgan fingerprint density at radius 3 is 2.79 bits per heavy atom. The normalized spacial score (nSPS) is 11.9. The third-order valence-corrected chi connectivity index (χ3v) is 3.04. The molecule has 0 radical (unpaired) electrons. The van der Waals surface area contributed by atoms with Gasteiger partial charge in [-0.1, -0.05) is 5.21 Å². The van der Waals surface area contributed by atoms with Crippen LogP contribution < -0.4 is 0 Å². The Bertz CT molecular complexity index is 612. The standard InChI is InChI=1S/C10H8F3N3O2S/c11-10(12,13)19-4-3-16-8-5-6(9(17)18)1-2-7(8)14-15-16/h1-2,5H,3-4H2,(H,17,18). The molecule has 0 saturated carbocycles. The van der Waals surface area contributed by atoms with E-state index in [4.69, 9.17) is 5.11 Å². The smallest absolute Gasteiger partial charge is 0.441 e. The summed E-state index contributed by atoms with van der Waals surface area (Å²) in [4.78, 5) is 10.8. The third-order valence-electron chi connectivity index (χ3n) is 2.33. The SMILES string of the molecule is O=C(O)c1ccc2nnn(CCSC(F)(F)F)c2c1. The van der Waals surface area contributed by atoms with Gasteiger partial charge in [-0.15, -0.1) is 5.10 Å². The van der Waals surface area contributed by atoms with Gasteiger partial charge < -0.3 is 5.11 Å². The molecule has 1 aromatic heterocycles. The van der Waals surface area contributed by atoms with Crippen molar-refractivity contribution in [3.8, 4) is 0 Å². The summed E-state index contributed by atoms with van der Waals surface area (Å²) in [5.74, 6) is -1.32. The average molecular weight is 291 g/mol. The van der Waals surface area contributed by atoms with Gasteiger partial charge in [-0.05, 0) is 30.0 Å². The second-order valence-corrected chi connectivity index (χ2v) is 4.78. The van der Waals surface area contributed by atoms with Gasteiger partial charge in [0, 0.05) is 5.75 Å². The quantitative estimate of drug-likeness (QED) is 0.936. The molecule has 0 spiro atoms. The summed E-state index contributed by atoms with van der Waals surface area (Å²) in [6.45, 7) is 0.00372. The van der Waals surface area contributed by atoms with Crippen LogP contribution in [0.4, 0.5) is 13.2 Å². The number of carbonyl (C=O) groups is 1. The van der Waals surface area contributed by atoms with E-state index >= 15 is 0 Å². The average Bonchev–Trinajstić information content (AvgIpc) is 2.70. The van der Waals surface area contributed by atoms with Gasteiger partial charge >= 0.3 is 11.5 Å².